The number of rotatable bonds is 1. The summed E-state index contributed by atoms with van der Waals surface area (Å²) >= 11 is -0.931. The molecule has 1 nitrogen and oxygen atoms in total. The third-order valence-electron chi connectivity index (χ3n) is 1.26. The van der Waals surface area contributed by atoms with E-state index in [9.17, 15) is 0 Å². The maximum absolute atomic E-state index is 4.97. The fourth-order valence-corrected chi connectivity index (χ4v) is 0.674. The summed E-state index contributed by atoms with van der Waals surface area (Å²) in [6, 6.07) is 7.96. The number of hydrogen-bond acceptors (Lipinski definition) is 1. The Hall–Kier alpha value is 0.223. The van der Waals surface area contributed by atoms with Gasteiger partial charge in [-0.3, -0.25) is 0 Å². The van der Waals surface area contributed by atoms with E-state index in [1.807, 2.05) is 24.3 Å². The molecule has 1 aromatic carbocycles. The molecule has 0 N–H and O–H groups in total. The van der Waals surface area contributed by atoms with Crippen LogP contribution in [-0.2, 0) is 15.1 Å². The summed E-state index contributed by atoms with van der Waals surface area (Å²) in [5.74, 6) is 0.917. The second-order valence-electron chi connectivity index (χ2n) is 2.12. The van der Waals surface area contributed by atoms with Crippen molar-refractivity contribution in [3.8, 4) is 5.75 Å². The molecule has 0 atom stereocenters. The van der Waals surface area contributed by atoms with Crippen LogP contribution in [0, 0.1) is 6.92 Å². The average molecular weight is 258 g/mol. The van der Waals surface area contributed by atoms with E-state index in [0.717, 1.165) is 5.75 Å². The molecular weight excluding hydrogens is 248 g/mol. The fourth-order valence-electron chi connectivity index (χ4n) is 0.674. The van der Waals surface area contributed by atoms with Gasteiger partial charge in [-0.1, -0.05) is 17.7 Å². The summed E-state index contributed by atoms with van der Waals surface area (Å²) in [4.78, 5) is 0. The molecule has 0 radical (unpaired) electrons. The molecule has 0 heterocycles. The molecule has 0 saturated carbocycles. The van der Waals surface area contributed by atoms with Crippen LogP contribution in [0.5, 0.6) is 5.75 Å². The van der Waals surface area contributed by atoms with Crippen molar-refractivity contribution in [1.29, 1.82) is 0 Å². The van der Waals surface area contributed by atoms with E-state index in [-0.39, 0.29) is 0 Å². The van der Waals surface area contributed by atoms with Gasteiger partial charge in [0.15, 0.2) is 0 Å². The van der Waals surface area contributed by atoms with E-state index < -0.39 is 15.1 Å². The molecule has 0 unspecified atom stereocenters. The van der Waals surface area contributed by atoms with E-state index in [1.54, 1.807) is 7.11 Å². The predicted octanol–water partition coefficient (Wildman–Crippen LogP) is 3.38. The van der Waals surface area contributed by atoms with Gasteiger partial charge in [0.25, 0.3) is 0 Å². The summed E-state index contributed by atoms with van der Waals surface area (Å²) in [5.41, 5.74) is 1.26. The summed E-state index contributed by atoms with van der Waals surface area (Å²) in [6.07, 6.45) is 0. The zero-order chi connectivity index (χ0) is 9.40. The third kappa shape index (κ3) is 5.82. The van der Waals surface area contributed by atoms with Crippen LogP contribution in [0.25, 0.3) is 0 Å². The Labute approximate surface area is 88.7 Å². The molecular formula is C8H10Cl2OZn. The van der Waals surface area contributed by atoms with Gasteiger partial charge in [-0.15, -0.1) is 0 Å². The third-order valence-corrected chi connectivity index (χ3v) is 1.26. The van der Waals surface area contributed by atoms with Crippen LogP contribution in [0.3, 0.4) is 0 Å². The molecule has 0 aliphatic carbocycles. The van der Waals surface area contributed by atoms with Crippen LogP contribution in [0.15, 0.2) is 24.3 Å². The normalized spacial score (nSPS) is 7.67. The Balaban J connectivity index is 0.000000354. The van der Waals surface area contributed by atoms with Crippen LogP contribution in [0.1, 0.15) is 5.56 Å². The van der Waals surface area contributed by atoms with Crippen molar-refractivity contribution >= 4 is 19.4 Å². The molecule has 0 saturated heterocycles. The van der Waals surface area contributed by atoms with Crippen molar-refractivity contribution in [3.05, 3.63) is 29.8 Å². The average Bonchev–Trinajstić information content (AvgIpc) is 2.07. The van der Waals surface area contributed by atoms with Gasteiger partial charge >= 0.3 is 34.5 Å². The Morgan fingerprint density at radius 2 is 1.58 bits per heavy atom. The minimum absolute atomic E-state index is 0.917. The molecule has 0 aliphatic rings. The number of benzene rings is 1. The second kappa shape index (κ2) is 7.85. The maximum atomic E-state index is 4.97. The number of methoxy groups -OCH3 is 1. The fraction of sp³-hybridized carbons (Fsp3) is 0.250. The molecule has 1 aromatic rings. The SMILES string of the molecule is COc1ccc(C)cc1.[Cl][Zn][Cl]. The summed E-state index contributed by atoms with van der Waals surface area (Å²) < 4.78 is 4.97. The van der Waals surface area contributed by atoms with Gasteiger partial charge in [0.05, 0.1) is 7.11 Å². The van der Waals surface area contributed by atoms with Crippen molar-refractivity contribution in [2.45, 2.75) is 6.92 Å². The van der Waals surface area contributed by atoms with Gasteiger partial charge < -0.3 is 4.74 Å². The van der Waals surface area contributed by atoms with Gasteiger partial charge in [-0.25, -0.2) is 0 Å². The van der Waals surface area contributed by atoms with Gasteiger partial charge in [0.1, 0.15) is 5.75 Å². The summed E-state index contributed by atoms with van der Waals surface area (Å²) in [6.45, 7) is 2.06. The van der Waals surface area contributed by atoms with Crippen LogP contribution in [-0.4, -0.2) is 7.11 Å². The van der Waals surface area contributed by atoms with Crippen LogP contribution < -0.4 is 4.74 Å². The zero-order valence-corrected chi connectivity index (χ0v) is 11.7. The first-order valence-electron chi connectivity index (χ1n) is 3.47. The number of aryl methyl sites for hydroxylation is 1. The van der Waals surface area contributed by atoms with Gasteiger partial charge in [0, 0.05) is 0 Å². The van der Waals surface area contributed by atoms with E-state index in [1.165, 1.54) is 5.56 Å². The summed E-state index contributed by atoms with van der Waals surface area (Å²) in [5, 5.41) is 0. The quantitative estimate of drug-likeness (QED) is 0.702. The Kier molecular flexibility index (Phi) is 8.00. The number of hydrogen-bond donors (Lipinski definition) is 0. The monoisotopic (exact) mass is 256 g/mol. The van der Waals surface area contributed by atoms with Gasteiger partial charge in [0.2, 0.25) is 0 Å². The van der Waals surface area contributed by atoms with E-state index in [0.29, 0.717) is 0 Å². The first kappa shape index (κ1) is 12.2. The van der Waals surface area contributed by atoms with Gasteiger partial charge in [-0.05, 0) is 19.1 Å². The zero-order valence-electron chi connectivity index (χ0n) is 7.18. The van der Waals surface area contributed by atoms with Crippen molar-refractivity contribution in [1.82, 2.24) is 0 Å². The molecule has 0 aromatic heterocycles. The molecule has 0 bridgehead atoms. The molecule has 0 spiro atoms. The topological polar surface area (TPSA) is 9.23 Å². The molecule has 12 heavy (non-hydrogen) atoms. The van der Waals surface area contributed by atoms with Gasteiger partial charge in [-0.2, -0.15) is 0 Å². The van der Waals surface area contributed by atoms with E-state index in [2.05, 4.69) is 6.92 Å². The van der Waals surface area contributed by atoms with Crippen molar-refractivity contribution in [2.24, 2.45) is 0 Å². The molecule has 4 heteroatoms. The summed E-state index contributed by atoms with van der Waals surface area (Å²) in [7, 11) is 11.6. The Morgan fingerprint density at radius 3 is 1.92 bits per heavy atom. The standard InChI is InChI=1S/C8H10O.2ClH.Zn/c1-7-3-5-8(9-2)6-4-7;;;/h3-6H,1-2H3;2*1H;/q;;;+2/p-2. The van der Waals surface area contributed by atoms with Crippen LogP contribution in [0.2, 0.25) is 0 Å². The molecule has 64 valence electrons. The van der Waals surface area contributed by atoms with Crippen molar-refractivity contribution in [3.63, 3.8) is 0 Å². The van der Waals surface area contributed by atoms with Crippen LogP contribution >= 0.6 is 19.4 Å². The Morgan fingerprint density at radius 1 is 1.17 bits per heavy atom. The molecule has 1 rings (SSSR count). The van der Waals surface area contributed by atoms with E-state index in [4.69, 9.17) is 24.1 Å². The molecule has 0 amide bonds. The number of halogens is 2. The van der Waals surface area contributed by atoms with Crippen molar-refractivity contribution in [2.75, 3.05) is 7.11 Å². The minimum atomic E-state index is -0.931. The second-order valence-corrected chi connectivity index (χ2v) is 6.74. The van der Waals surface area contributed by atoms with Crippen LogP contribution in [0.4, 0.5) is 0 Å². The Bertz CT molecular complexity index is 201. The first-order chi connectivity index (χ1) is 5.74. The van der Waals surface area contributed by atoms with E-state index >= 15 is 0 Å². The predicted molar refractivity (Wildman–Crippen MR) is 49.4 cm³/mol. The van der Waals surface area contributed by atoms with Crippen molar-refractivity contribution < 1.29 is 19.9 Å². The first-order valence-corrected chi connectivity index (χ1v) is 11.3. The molecule has 0 fully saturated rings. The molecule has 0 aliphatic heterocycles. The number of ether oxygens (including phenoxy) is 1.